The molecule has 0 aromatic heterocycles. The molecule has 0 spiro atoms. The Hall–Kier alpha value is -0.790. The molecule has 19 heavy (non-hydrogen) atoms. The molecular weight excluding hydrogens is 303 g/mol. The van der Waals surface area contributed by atoms with E-state index in [1.54, 1.807) is 0 Å². The van der Waals surface area contributed by atoms with Gasteiger partial charge in [-0.15, -0.1) is 11.6 Å². The first-order valence-electron chi connectivity index (χ1n) is 5.30. The number of hydrogen-bond acceptors (Lipinski definition) is 2. The average Bonchev–Trinajstić information content (AvgIpc) is 2.12. The van der Waals surface area contributed by atoms with E-state index in [1.165, 1.54) is 20.8 Å². The number of sulfonamides is 1. The van der Waals surface area contributed by atoms with Crippen molar-refractivity contribution in [2.45, 2.75) is 36.6 Å². The Labute approximate surface area is 114 Å². The highest BCUT2D eigenvalue weighted by molar-refractivity contribution is 7.89. The number of hydrogen-bond donors (Lipinski definition) is 1. The summed E-state index contributed by atoms with van der Waals surface area (Å²) in [6.45, 7) is 4.45. The fourth-order valence-corrected chi connectivity index (χ4v) is 2.99. The highest BCUT2D eigenvalue weighted by Crippen LogP contribution is 2.23. The predicted octanol–water partition coefficient (Wildman–Crippen LogP) is 2.79. The third-order valence-corrected chi connectivity index (χ3v) is 4.89. The van der Waals surface area contributed by atoms with Crippen LogP contribution in [-0.2, 0) is 10.0 Å². The second-order valence-electron chi connectivity index (χ2n) is 4.64. The maximum Gasteiger partial charge on any atom is 0.246 e. The van der Waals surface area contributed by atoms with Crippen molar-refractivity contribution in [1.82, 2.24) is 4.72 Å². The minimum absolute atomic E-state index is 0.300. The highest BCUT2D eigenvalue weighted by atomic mass is 35.5. The smallest absolute Gasteiger partial charge is 0.207 e. The standard InChI is InChI=1S/C11H13ClF3NO2S/c1-6(12)11(2,3)16-19(17,18)10-8(14)4-7(13)5-9(10)15/h4-6,16H,1-3H3. The van der Waals surface area contributed by atoms with Crippen molar-refractivity contribution in [2.75, 3.05) is 0 Å². The summed E-state index contributed by atoms with van der Waals surface area (Å²) in [5.41, 5.74) is -1.13. The number of alkyl halides is 1. The topological polar surface area (TPSA) is 46.2 Å². The lowest BCUT2D eigenvalue weighted by Crippen LogP contribution is -2.49. The molecule has 0 fully saturated rings. The number of rotatable bonds is 4. The van der Waals surface area contributed by atoms with Crippen molar-refractivity contribution in [3.63, 3.8) is 0 Å². The van der Waals surface area contributed by atoms with E-state index in [1.807, 2.05) is 0 Å². The number of nitrogens with one attached hydrogen (secondary N) is 1. The zero-order chi connectivity index (χ0) is 15.0. The summed E-state index contributed by atoms with van der Waals surface area (Å²) in [4.78, 5) is -1.22. The molecule has 1 rings (SSSR count). The molecule has 1 atom stereocenters. The highest BCUT2D eigenvalue weighted by Gasteiger charge is 2.34. The first kappa shape index (κ1) is 16.3. The van der Waals surface area contributed by atoms with Crippen molar-refractivity contribution in [3.05, 3.63) is 29.6 Å². The Morgan fingerprint density at radius 1 is 1.21 bits per heavy atom. The van der Waals surface area contributed by atoms with E-state index in [0.29, 0.717) is 12.1 Å². The van der Waals surface area contributed by atoms with Gasteiger partial charge in [-0.25, -0.2) is 26.3 Å². The summed E-state index contributed by atoms with van der Waals surface area (Å²) >= 11 is 5.79. The van der Waals surface area contributed by atoms with Gasteiger partial charge in [-0.05, 0) is 20.8 Å². The first-order chi connectivity index (χ1) is 8.47. The van der Waals surface area contributed by atoms with Gasteiger partial charge in [-0.1, -0.05) is 0 Å². The molecule has 1 aromatic carbocycles. The molecule has 0 heterocycles. The molecule has 0 saturated heterocycles. The summed E-state index contributed by atoms with van der Waals surface area (Å²) in [6.07, 6.45) is 0. The third kappa shape index (κ3) is 3.61. The van der Waals surface area contributed by atoms with E-state index >= 15 is 0 Å². The van der Waals surface area contributed by atoms with Crippen molar-refractivity contribution < 1.29 is 21.6 Å². The summed E-state index contributed by atoms with van der Waals surface area (Å²) in [5, 5.41) is -0.631. The van der Waals surface area contributed by atoms with Gasteiger partial charge in [0, 0.05) is 23.0 Å². The van der Waals surface area contributed by atoms with E-state index in [9.17, 15) is 21.6 Å². The normalized spacial score (nSPS) is 14.5. The van der Waals surface area contributed by atoms with E-state index in [0.717, 1.165) is 0 Å². The van der Waals surface area contributed by atoms with Crippen molar-refractivity contribution in [1.29, 1.82) is 0 Å². The second-order valence-corrected chi connectivity index (χ2v) is 6.92. The van der Waals surface area contributed by atoms with Gasteiger partial charge in [0.25, 0.3) is 0 Å². The largest absolute Gasteiger partial charge is 0.246 e. The van der Waals surface area contributed by atoms with E-state index in [2.05, 4.69) is 4.72 Å². The van der Waals surface area contributed by atoms with Crippen molar-refractivity contribution >= 4 is 21.6 Å². The van der Waals surface area contributed by atoms with Crippen LogP contribution in [0.15, 0.2) is 17.0 Å². The minimum Gasteiger partial charge on any atom is -0.207 e. The van der Waals surface area contributed by atoms with Crippen LogP contribution in [0, 0.1) is 17.5 Å². The molecule has 0 amide bonds. The average molecular weight is 316 g/mol. The fourth-order valence-electron chi connectivity index (χ4n) is 1.26. The summed E-state index contributed by atoms with van der Waals surface area (Å²) < 4.78 is 65.6. The lowest BCUT2D eigenvalue weighted by Gasteiger charge is -2.28. The molecule has 0 aliphatic heterocycles. The van der Waals surface area contributed by atoms with Gasteiger partial charge in [0.1, 0.15) is 17.5 Å². The Morgan fingerprint density at radius 2 is 1.63 bits per heavy atom. The zero-order valence-electron chi connectivity index (χ0n) is 10.5. The van der Waals surface area contributed by atoms with Crippen LogP contribution in [0.2, 0.25) is 0 Å². The Bertz CT molecular complexity index is 565. The van der Waals surface area contributed by atoms with Crippen molar-refractivity contribution in [2.24, 2.45) is 0 Å². The second kappa shape index (κ2) is 5.30. The van der Waals surface area contributed by atoms with Crippen LogP contribution in [0.4, 0.5) is 13.2 Å². The van der Waals surface area contributed by atoms with Crippen LogP contribution in [0.5, 0.6) is 0 Å². The van der Waals surface area contributed by atoms with Crippen molar-refractivity contribution in [3.8, 4) is 0 Å². The Kier molecular flexibility index (Phi) is 4.54. The van der Waals surface area contributed by atoms with Gasteiger partial charge in [0.2, 0.25) is 10.0 Å². The SMILES string of the molecule is CC(Cl)C(C)(C)NS(=O)(=O)c1c(F)cc(F)cc1F. The van der Waals surface area contributed by atoms with Crippen LogP contribution >= 0.6 is 11.6 Å². The number of halogens is 4. The van der Waals surface area contributed by atoms with Crippen LogP contribution in [-0.4, -0.2) is 19.3 Å². The molecule has 1 aromatic rings. The lowest BCUT2D eigenvalue weighted by atomic mass is 10.0. The first-order valence-corrected chi connectivity index (χ1v) is 7.22. The zero-order valence-corrected chi connectivity index (χ0v) is 12.0. The van der Waals surface area contributed by atoms with Gasteiger partial charge in [0.15, 0.2) is 4.90 Å². The summed E-state index contributed by atoms with van der Waals surface area (Å²) in [7, 11) is -4.49. The maximum absolute atomic E-state index is 13.5. The molecule has 8 heteroatoms. The molecular formula is C11H13ClF3NO2S. The van der Waals surface area contributed by atoms with Crippen LogP contribution in [0.3, 0.4) is 0 Å². The molecule has 0 bridgehead atoms. The minimum atomic E-state index is -4.49. The summed E-state index contributed by atoms with van der Waals surface area (Å²) in [6, 6.07) is 0.601. The van der Waals surface area contributed by atoms with Crippen LogP contribution in [0.25, 0.3) is 0 Å². The van der Waals surface area contributed by atoms with Crippen LogP contribution < -0.4 is 4.72 Å². The molecule has 1 unspecified atom stereocenters. The van der Waals surface area contributed by atoms with Gasteiger partial charge >= 0.3 is 0 Å². The predicted molar refractivity (Wildman–Crippen MR) is 66.0 cm³/mol. The molecule has 0 aliphatic carbocycles. The van der Waals surface area contributed by atoms with Gasteiger partial charge in [0.05, 0.1) is 0 Å². The molecule has 0 aliphatic rings. The molecule has 108 valence electrons. The maximum atomic E-state index is 13.5. The van der Waals surface area contributed by atoms with E-state index in [-0.39, 0.29) is 0 Å². The lowest BCUT2D eigenvalue weighted by molar-refractivity contribution is 0.436. The van der Waals surface area contributed by atoms with Crippen LogP contribution in [0.1, 0.15) is 20.8 Å². The third-order valence-electron chi connectivity index (χ3n) is 2.62. The van der Waals surface area contributed by atoms with E-state index in [4.69, 9.17) is 11.6 Å². The molecule has 1 N–H and O–H groups in total. The fraction of sp³-hybridized carbons (Fsp3) is 0.455. The van der Waals surface area contributed by atoms with E-state index < -0.39 is 43.3 Å². The summed E-state index contributed by atoms with van der Waals surface area (Å²) in [5.74, 6) is -4.19. The molecule has 3 nitrogen and oxygen atoms in total. The quantitative estimate of drug-likeness (QED) is 0.868. The molecule has 0 radical (unpaired) electrons. The van der Waals surface area contributed by atoms with Gasteiger partial charge in [-0.2, -0.15) is 0 Å². The Morgan fingerprint density at radius 3 is 2.00 bits per heavy atom. The molecule has 0 saturated carbocycles. The number of benzene rings is 1. The van der Waals surface area contributed by atoms with Gasteiger partial charge in [-0.3, -0.25) is 0 Å². The Balaban J connectivity index is 3.30. The monoisotopic (exact) mass is 315 g/mol. The van der Waals surface area contributed by atoms with Gasteiger partial charge < -0.3 is 0 Å².